The summed E-state index contributed by atoms with van der Waals surface area (Å²) >= 11 is 0. The lowest BCUT2D eigenvalue weighted by molar-refractivity contribution is -0.122. The Balaban J connectivity index is 2.17. The molecule has 0 aliphatic carbocycles. The fourth-order valence-electron chi connectivity index (χ4n) is 2.19. The second kappa shape index (κ2) is 8.45. The Morgan fingerprint density at radius 3 is 2.94 bits per heavy atom. The van der Waals surface area contributed by atoms with Crippen molar-refractivity contribution in [2.45, 2.75) is 39.3 Å². The van der Waals surface area contributed by atoms with Gasteiger partial charge in [0.25, 0.3) is 0 Å². The maximum Gasteiger partial charge on any atom is 0.221 e. The van der Waals surface area contributed by atoms with Gasteiger partial charge in [-0.15, -0.1) is 0 Å². The van der Waals surface area contributed by atoms with Crippen molar-refractivity contribution >= 4 is 5.91 Å². The molecule has 0 saturated carbocycles. The molecule has 2 unspecified atom stereocenters. The van der Waals surface area contributed by atoms with Gasteiger partial charge < -0.3 is 15.4 Å². The van der Waals surface area contributed by atoms with E-state index in [1.54, 1.807) is 0 Å². The first kappa shape index (κ1) is 15.4. The van der Waals surface area contributed by atoms with E-state index >= 15 is 0 Å². The monoisotopic (exact) mass is 257 g/mol. The third-order valence-corrected chi connectivity index (χ3v) is 3.24. The van der Waals surface area contributed by atoms with Crippen molar-refractivity contribution in [3.63, 3.8) is 0 Å². The number of likely N-dealkylation sites (N-methyl/N-ethyl adjacent to an activating group) is 1. The fourth-order valence-corrected chi connectivity index (χ4v) is 2.19. The first-order chi connectivity index (χ1) is 8.65. The van der Waals surface area contributed by atoms with Gasteiger partial charge in [-0.3, -0.25) is 9.69 Å². The van der Waals surface area contributed by atoms with Gasteiger partial charge in [-0.25, -0.2) is 0 Å². The summed E-state index contributed by atoms with van der Waals surface area (Å²) in [5.74, 6) is 0.0978. The summed E-state index contributed by atoms with van der Waals surface area (Å²) in [5.41, 5.74) is 0. The fraction of sp³-hybridized carbons (Fsp3) is 0.923. The normalized spacial score (nSPS) is 22.7. The van der Waals surface area contributed by atoms with Gasteiger partial charge in [0.1, 0.15) is 0 Å². The molecular formula is C13H27N3O2. The second-order valence-electron chi connectivity index (χ2n) is 4.85. The molecule has 18 heavy (non-hydrogen) atoms. The topological polar surface area (TPSA) is 53.6 Å². The van der Waals surface area contributed by atoms with E-state index < -0.39 is 0 Å². The van der Waals surface area contributed by atoms with Crippen molar-refractivity contribution in [1.82, 2.24) is 15.5 Å². The Morgan fingerprint density at radius 1 is 1.50 bits per heavy atom. The average molecular weight is 257 g/mol. The van der Waals surface area contributed by atoms with Crippen LogP contribution in [0.25, 0.3) is 0 Å². The Bertz CT molecular complexity index is 248. The second-order valence-corrected chi connectivity index (χ2v) is 4.85. The smallest absolute Gasteiger partial charge is 0.221 e. The summed E-state index contributed by atoms with van der Waals surface area (Å²) in [4.78, 5) is 14.1. The number of morpholine rings is 1. The molecule has 0 aromatic heterocycles. The maximum absolute atomic E-state index is 11.7. The summed E-state index contributed by atoms with van der Waals surface area (Å²) < 4.78 is 5.64. The number of nitrogens with one attached hydrogen (secondary N) is 2. The van der Waals surface area contributed by atoms with Crippen LogP contribution in [0.5, 0.6) is 0 Å². The van der Waals surface area contributed by atoms with Crippen LogP contribution in [-0.2, 0) is 9.53 Å². The van der Waals surface area contributed by atoms with Gasteiger partial charge in [-0.2, -0.15) is 0 Å². The molecule has 1 aliphatic rings. The first-order valence-electron chi connectivity index (χ1n) is 6.99. The third kappa shape index (κ3) is 5.80. The van der Waals surface area contributed by atoms with E-state index in [2.05, 4.69) is 22.5 Å². The molecule has 1 amide bonds. The van der Waals surface area contributed by atoms with E-state index in [4.69, 9.17) is 4.74 Å². The zero-order valence-electron chi connectivity index (χ0n) is 11.9. The Morgan fingerprint density at radius 2 is 2.28 bits per heavy atom. The molecular weight excluding hydrogens is 230 g/mol. The minimum absolute atomic E-state index is 0.0978. The van der Waals surface area contributed by atoms with Crippen molar-refractivity contribution in [2.75, 3.05) is 39.3 Å². The molecule has 2 N–H and O–H groups in total. The lowest BCUT2D eigenvalue weighted by atomic mass is 10.2. The molecule has 1 aliphatic heterocycles. The Hall–Kier alpha value is -0.650. The van der Waals surface area contributed by atoms with Crippen LogP contribution in [0.1, 0.15) is 27.2 Å². The quantitative estimate of drug-likeness (QED) is 0.685. The summed E-state index contributed by atoms with van der Waals surface area (Å²) in [7, 11) is 0. The summed E-state index contributed by atoms with van der Waals surface area (Å²) in [6, 6.07) is 0.231. The summed E-state index contributed by atoms with van der Waals surface area (Å²) in [5, 5.41) is 6.19. The van der Waals surface area contributed by atoms with Gasteiger partial charge >= 0.3 is 0 Å². The van der Waals surface area contributed by atoms with Gasteiger partial charge in [-0.05, 0) is 20.0 Å². The lowest BCUT2D eigenvalue weighted by Gasteiger charge is -2.32. The molecule has 5 heteroatoms. The molecule has 2 atom stereocenters. The van der Waals surface area contributed by atoms with Gasteiger partial charge in [0, 0.05) is 32.1 Å². The van der Waals surface area contributed by atoms with Crippen molar-refractivity contribution in [2.24, 2.45) is 0 Å². The van der Waals surface area contributed by atoms with E-state index in [0.29, 0.717) is 13.0 Å². The molecule has 0 aromatic rings. The van der Waals surface area contributed by atoms with Crippen LogP contribution in [0.15, 0.2) is 0 Å². The molecule has 0 spiro atoms. The lowest BCUT2D eigenvalue weighted by Crippen LogP contribution is -2.47. The number of carbonyl (C=O) groups is 1. The van der Waals surface area contributed by atoms with Crippen LogP contribution in [-0.4, -0.2) is 62.3 Å². The number of rotatable bonds is 7. The van der Waals surface area contributed by atoms with Gasteiger partial charge in [-0.1, -0.05) is 13.8 Å². The predicted octanol–water partition coefficient (Wildman–Crippen LogP) is 0.211. The molecule has 0 bridgehead atoms. The van der Waals surface area contributed by atoms with Crippen molar-refractivity contribution in [3.8, 4) is 0 Å². The van der Waals surface area contributed by atoms with E-state index in [9.17, 15) is 4.79 Å². The molecule has 0 radical (unpaired) electrons. The molecule has 1 rings (SSSR count). The molecule has 1 saturated heterocycles. The molecule has 0 aromatic carbocycles. The Labute approximate surface area is 110 Å². The molecule has 106 valence electrons. The number of carbonyl (C=O) groups excluding carboxylic acids is 1. The van der Waals surface area contributed by atoms with E-state index in [1.807, 2.05) is 13.8 Å². The van der Waals surface area contributed by atoms with Crippen molar-refractivity contribution in [3.05, 3.63) is 0 Å². The highest BCUT2D eigenvalue weighted by Crippen LogP contribution is 2.03. The summed E-state index contributed by atoms with van der Waals surface area (Å²) in [6.45, 7) is 11.5. The minimum Gasteiger partial charge on any atom is -0.374 e. The largest absolute Gasteiger partial charge is 0.374 e. The van der Waals surface area contributed by atoms with Gasteiger partial charge in [0.15, 0.2) is 0 Å². The van der Waals surface area contributed by atoms with Crippen LogP contribution in [0.4, 0.5) is 0 Å². The molecule has 1 heterocycles. The first-order valence-corrected chi connectivity index (χ1v) is 6.99. The number of hydrogen-bond acceptors (Lipinski definition) is 4. The number of hydrogen-bond donors (Lipinski definition) is 2. The molecule has 1 fully saturated rings. The van der Waals surface area contributed by atoms with Crippen LogP contribution < -0.4 is 10.6 Å². The van der Waals surface area contributed by atoms with Crippen molar-refractivity contribution in [1.29, 1.82) is 0 Å². The number of nitrogens with zero attached hydrogens (tertiary/aromatic N) is 1. The maximum atomic E-state index is 11.7. The number of amides is 1. The Kier molecular flexibility index (Phi) is 7.23. The zero-order chi connectivity index (χ0) is 13.4. The minimum atomic E-state index is 0.0978. The highest BCUT2D eigenvalue weighted by molar-refractivity contribution is 5.76. The van der Waals surface area contributed by atoms with Gasteiger partial charge in [0.05, 0.1) is 12.7 Å². The standard InChI is InChI=1S/C13H27N3O2/c1-4-14-11(3)8-13(17)15-9-12-10-16(5-2)6-7-18-12/h11-12,14H,4-10H2,1-3H3,(H,15,17). The summed E-state index contributed by atoms with van der Waals surface area (Å²) in [6.07, 6.45) is 0.662. The average Bonchev–Trinajstić information content (AvgIpc) is 2.37. The van der Waals surface area contributed by atoms with E-state index in [1.165, 1.54) is 0 Å². The third-order valence-electron chi connectivity index (χ3n) is 3.24. The zero-order valence-corrected chi connectivity index (χ0v) is 11.9. The van der Waals surface area contributed by atoms with Crippen LogP contribution in [0, 0.1) is 0 Å². The van der Waals surface area contributed by atoms with Crippen LogP contribution >= 0.6 is 0 Å². The predicted molar refractivity (Wildman–Crippen MR) is 72.6 cm³/mol. The van der Waals surface area contributed by atoms with Gasteiger partial charge in [0.2, 0.25) is 5.91 Å². The van der Waals surface area contributed by atoms with E-state index in [-0.39, 0.29) is 18.1 Å². The highest BCUT2D eigenvalue weighted by atomic mass is 16.5. The van der Waals surface area contributed by atoms with Crippen molar-refractivity contribution < 1.29 is 9.53 Å². The van der Waals surface area contributed by atoms with Crippen LogP contribution in [0.3, 0.4) is 0 Å². The number of ether oxygens (including phenoxy) is 1. The van der Waals surface area contributed by atoms with Crippen LogP contribution in [0.2, 0.25) is 0 Å². The van der Waals surface area contributed by atoms with E-state index in [0.717, 1.165) is 32.8 Å². The highest BCUT2D eigenvalue weighted by Gasteiger charge is 2.19. The SMILES string of the molecule is CCNC(C)CC(=O)NCC1CN(CC)CCO1. The molecule has 5 nitrogen and oxygen atoms in total.